The Bertz CT molecular complexity index is 563. The Hall–Kier alpha value is -1.75. The molecule has 0 atom stereocenters. The Morgan fingerprint density at radius 1 is 1.53 bits per heavy atom. The van der Waals surface area contributed by atoms with Crippen molar-refractivity contribution >= 4 is 17.2 Å². The summed E-state index contributed by atoms with van der Waals surface area (Å²) in [6.07, 6.45) is 3.59. The van der Waals surface area contributed by atoms with Gasteiger partial charge in [-0.3, -0.25) is 4.68 Å². The molecule has 3 nitrogen and oxygen atoms in total. The lowest BCUT2D eigenvalue weighted by molar-refractivity contribution is 0.583. The highest BCUT2D eigenvalue weighted by Crippen LogP contribution is 2.14. The summed E-state index contributed by atoms with van der Waals surface area (Å²) in [5, 5.41) is 4.11. The zero-order valence-electron chi connectivity index (χ0n) is 9.35. The van der Waals surface area contributed by atoms with Crippen LogP contribution in [0.1, 0.15) is 16.7 Å². The van der Waals surface area contributed by atoms with Gasteiger partial charge in [-0.2, -0.15) is 5.10 Å². The van der Waals surface area contributed by atoms with Crippen LogP contribution in [0, 0.1) is 12.7 Å². The van der Waals surface area contributed by atoms with Crippen LogP contribution in [0.3, 0.4) is 0 Å². The summed E-state index contributed by atoms with van der Waals surface area (Å²) in [5.74, 6) is -0.367. The molecule has 5 heteroatoms. The van der Waals surface area contributed by atoms with Gasteiger partial charge in [0.2, 0.25) is 0 Å². The van der Waals surface area contributed by atoms with Crippen molar-refractivity contribution < 1.29 is 4.39 Å². The van der Waals surface area contributed by atoms with Crippen LogP contribution < -0.4 is 5.73 Å². The summed E-state index contributed by atoms with van der Waals surface area (Å²) in [4.78, 5) is 0.0704. The second kappa shape index (κ2) is 4.63. The largest absolute Gasteiger partial charge is 0.389 e. The van der Waals surface area contributed by atoms with Crippen LogP contribution in [-0.2, 0) is 6.54 Å². The number of hydrogen-bond acceptors (Lipinski definition) is 2. The molecule has 2 aromatic rings. The lowest BCUT2D eigenvalue weighted by Gasteiger charge is -2.07. The van der Waals surface area contributed by atoms with Crippen molar-refractivity contribution in [1.29, 1.82) is 0 Å². The molecule has 17 heavy (non-hydrogen) atoms. The summed E-state index contributed by atoms with van der Waals surface area (Å²) in [5.41, 5.74) is 7.29. The van der Waals surface area contributed by atoms with Gasteiger partial charge in [-0.1, -0.05) is 24.4 Å². The predicted molar refractivity (Wildman–Crippen MR) is 68.4 cm³/mol. The third kappa shape index (κ3) is 2.50. The molecular formula is C12H12FN3S. The quantitative estimate of drug-likeness (QED) is 0.846. The number of aryl methyl sites for hydroxylation is 1. The first-order chi connectivity index (χ1) is 8.08. The SMILES string of the molecule is Cc1cnn(Cc2cccc(C(N)=S)c2F)c1. The Morgan fingerprint density at radius 3 is 2.88 bits per heavy atom. The molecule has 2 N–H and O–H groups in total. The number of benzene rings is 1. The molecule has 0 bridgehead atoms. The van der Waals surface area contributed by atoms with Gasteiger partial charge in [0.25, 0.3) is 0 Å². The number of aromatic nitrogens is 2. The van der Waals surface area contributed by atoms with Gasteiger partial charge in [0.05, 0.1) is 12.7 Å². The topological polar surface area (TPSA) is 43.8 Å². The van der Waals surface area contributed by atoms with Gasteiger partial charge < -0.3 is 5.73 Å². The lowest BCUT2D eigenvalue weighted by Crippen LogP contribution is -2.14. The fourth-order valence-corrected chi connectivity index (χ4v) is 1.78. The van der Waals surface area contributed by atoms with E-state index in [0.29, 0.717) is 12.1 Å². The van der Waals surface area contributed by atoms with Crippen molar-refractivity contribution in [3.05, 3.63) is 53.1 Å². The van der Waals surface area contributed by atoms with E-state index in [1.54, 1.807) is 29.1 Å². The van der Waals surface area contributed by atoms with E-state index >= 15 is 0 Å². The average Bonchev–Trinajstić information content (AvgIpc) is 2.67. The molecule has 0 saturated carbocycles. The molecule has 0 aliphatic carbocycles. The van der Waals surface area contributed by atoms with Crippen LogP contribution in [0.2, 0.25) is 0 Å². The number of nitrogens with two attached hydrogens (primary N) is 1. The molecule has 1 aromatic carbocycles. The van der Waals surface area contributed by atoms with E-state index in [4.69, 9.17) is 18.0 Å². The van der Waals surface area contributed by atoms with E-state index in [9.17, 15) is 4.39 Å². The predicted octanol–water partition coefficient (Wildman–Crippen LogP) is 2.01. The monoisotopic (exact) mass is 249 g/mol. The molecule has 0 amide bonds. The highest BCUT2D eigenvalue weighted by molar-refractivity contribution is 7.80. The van der Waals surface area contributed by atoms with Crippen LogP contribution in [0.5, 0.6) is 0 Å². The minimum atomic E-state index is -0.367. The van der Waals surface area contributed by atoms with Crippen LogP contribution in [0.4, 0.5) is 4.39 Å². The molecule has 1 heterocycles. The first-order valence-electron chi connectivity index (χ1n) is 5.14. The first kappa shape index (κ1) is 11.7. The number of thiocarbonyl (C=S) groups is 1. The zero-order chi connectivity index (χ0) is 12.4. The van der Waals surface area contributed by atoms with E-state index < -0.39 is 0 Å². The third-order valence-corrected chi connectivity index (χ3v) is 2.66. The molecule has 0 aliphatic heterocycles. The maximum Gasteiger partial charge on any atom is 0.138 e. The van der Waals surface area contributed by atoms with Crippen LogP contribution >= 0.6 is 12.2 Å². The minimum absolute atomic E-state index is 0.0704. The third-order valence-electron chi connectivity index (χ3n) is 2.44. The molecule has 2 rings (SSSR count). The Labute approximate surface area is 104 Å². The lowest BCUT2D eigenvalue weighted by atomic mass is 10.1. The number of rotatable bonds is 3. The van der Waals surface area contributed by atoms with Crippen LogP contribution in [-0.4, -0.2) is 14.8 Å². The molecule has 1 aromatic heterocycles. The fourth-order valence-electron chi connectivity index (χ4n) is 1.62. The van der Waals surface area contributed by atoms with Crippen molar-refractivity contribution in [3.63, 3.8) is 0 Å². The number of halogens is 1. The summed E-state index contributed by atoms with van der Waals surface area (Å²) >= 11 is 4.79. The molecule has 0 unspecified atom stereocenters. The van der Waals surface area contributed by atoms with E-state index in [-0.39, 0.29) is 16.4 Å². The van der Waals surface area contributed by atoms with Gasteiger partial charge in [-0.15, -0.1) is 0 Å². The van der Waals surface area contributed by atoms with E-state index in [0.717, 1.165) is 5.56 Å². The fraction of sp³-hybridized carbons (Fsp3) is 0.167. The molecule has 0 saturated heterocycles. The van der Waals surface area contributed by atoms with E-state index in [1.165, 1.54) is 0 Å². The summed E-state index contributed by atoms with van der Waals surface area (Å²) in [6, 6.07) is 5.02. The van der Waals surface area contributed by atoms with Crippen molar-refractivity contribution in [1.82, 2.24) is 9.78 Å². The van der Waals surface area contributed by atoms with Gasteiger partial charge in [0, 0.05) is 17.3 Å². The molecule has 88 valence electrons. The standard InChI is InChI=1S/C12H12FN3S/c1-8-5-15-16(6-8)7-9-3-2-4-10(11(9)13)12(14)17/h2-6H,7H2,1H3,(H2,14,17). The molecule has 0 aliphatic rings. The second-order valence-electron chi connectivity index (χ2n) is 3.86. The molecule has 0 radical (unpaired) electrons. The normalized spacial score (nSPS) is 10.5. The smallest absolute Gasteiger partial charge is 0.138 e. The highest BCUT2D eigenvalue weighted by atomic mass is 32.1. The van der Waals surface area contributed by atoms with Crippen molar-refractivity contribution in [2.75, 3.05) is 0 Å². The van der Waals surface area contributed by atoms with Gasteiger partial charge in [-0.25, -0.2) is 4.39 Å². The molecule has 0 spiro atoms. The maximum absolute atomic E-state index is 14.0. The van der Waals surface area contributed by atoms with E-state index in [1.807, 2.05) is 13.1 Å². The van der Waals surface area contributed by atoms with Gasteiger partial charge >= 0.3 is 0 Å². The molecule has 0 fully saturated rings. The maximum atomic E-state index is 14.0. The first-order valence-corrected chi connectivity index (χ1v) is 5.55. The summed E-state index contributed by atoms with van der Waals surface area (Å²) in [6.45, 7) is 2.31. The van der Waals surface area contributed by atoms with E-state index in [2.05, 4.69) is 5.10 Å². The van der Waals surface area contributed by atoms with Crippen LogP contribution in [0.15, 0.2) is 30.6 Å². The second-order valence-corrected chi connectivity index (χ2v) is 4.30. The van der Waals surface area contributed by atoms with Crippen molar-refractivity contribution in [3.8, 4) is 0 Å². The van der Waals surface area contributed by atoms with Crippen molar-refractivity contribution in [2.45, 2.75) is 13.5 Å². The molecular weight excluding hydrogens is 237 g/mol. The summed E-state index contributed by atoms with van der Waals surface area (Å²) in [7, 11) is 0. The number of hydrogen-bond donors (Lipinski definition) is 1. The zero-order valence-corrected chi connectivity index (χ0v) is 10.2. The number of nitrogens with zero attached hydrogens (tertiary/aromatic N) is 2. The Kier molecular flexibility index (Phi) is 3.19. The Balaban J connectivity index is 2.33. The van der Waals surface area contributed by atoms with Crippen molar-refractivity contribution in [2.24, 2.45) is 5.73 Å². The van der Waals surface area contributed by atoms with Gasteiger partial charge in [-0.05, 0) is 18.6 Å². The Morgan fingerprint density at radius 2 is 2.29 bits per heavy atom. The van der Waals surface area contributed by atoms with Gasteiger partial charge in [0.15, 0.2) is 0 Å². The average molecular weight is 249 g/mol. The summed E-state index contributed by atoms with van der Waals surface area (Å²) < 4.78 is 15.7. The van der Waals surface area contributed by atoms with Gasteiger partial charge in [0.1, 0.15) is 10.8 Å². The highest BCUT2D eigenvalue weighted by Gasteiger charge is 2.10. The minimum Gasteiger partial charge on any atom is -0.389 e. The van der Waals surface area contributed by atoms with Crippen LogP contribution in [0.25, 0.3) is 0 Å².